The van der Waals surface area contributed by atoms with Crippen LogP contribution in [0.5, 0.6) is 5.75 Å². The summed E-state index contributed by atoms with van der Waals surface area (Å²) in [4.78, 5) is 14.1. The highest BCUT2D eigenvalue weighted by molar-refractivity contribution is 7.99. The molecule has 0 radical (unpaired) electrons. The van der Waals surface area contributed by atoms with Crippen LogP contribution in [0.2, 0.25) is 0 Å². The maximum Gasteiger partial charge on any atom is 0.416 e. The molecule has 2 unspecified atom stereocenters. The first-order chi connectivity index (χ1) is 18.5. The molecule has 2 aromatic carbocycles. The maximum absolute atomic E-state index is 15.5. The summed E-state index contributed by atoms with van der Waals surface area (Å²) in [6.45, 7) is 1.55. The molecule has 2 aromatic heterocycles. The van der Waals surface area contributed by atoms with Crippen molar-refractivity contribution in [1.82, 2.24) is 4.57 Å². The van der Waals surface area contributed by atoms with E-state index < -0.39 is 53.0 Å². The lowest BCUT2D eigenvalue weighted by molar-refractivity contribution is -0.138. The first-order valence-corrected chi connectivity index (χ1v) is 13.8. The molecular weight excluding hydrogens is 555 g/mol. The number of ether oxygens (including phenoxy) is 1. The van der Waals surface area contributed by atoms with Gasteiger partial charge in [0, 0.05) is 23.3 Å². The fourth-order valence-corrected chi connectivity index (χ4v) is 7.19. The van der Waals surface area contributed by atoms with Crippen molar-refractivity contribution in [3.05, 3.63) is 103 Å². The number of halogens is 5. The van der Waals surface area contributed by atoms with E-state index in [1.165, 1.54) is 53.0 Å². The molecule has 4 aromatic rings. The van der Waals surface area contributed by atoms with Crippen molar-refractivity contribution in [2.24, 2.45) is 5.73 Å². The van der Waals surface area contributed by atoms with E-state index in [9.17, 15) is 22.4 Å². The first kappa shape index (κ1) is 27.4. The van der Waals surface area contributed by atoms with Crippen LogP contribution in [-0.2, 0) is 12.6 Å². The van der Waals surface area contributed by atoms with E-state index in [-0.39, 0.29) is 22.4 Å². The number of thiophene rings is 1. The van der Waals surface area contributed by atoms with Gasteiger partial charge in [-0.2, -0.15) is 24.5 Å². The molecule has 0 saturated carbocycles. The second-order valence-corrected chi connectivity index (χ2v) is 11.0. The van der Waals surface area contributed by atoms with Crippen molar-refractivity contribution in [1.29, 1.82) is 0 Å². The lowest BCUT2D eigenvalue weighted by Crippen LogP contribution is -2.33. The number of hydrogen-bond acceptors (Lipinski definition) is 5. The zero-order valence-electron chi connectivity index (χ0n) is 20.8. The highest BCUT2D eigenvalue weighted by Crippen LogP contribution is 2.45. The predicted octanol–water partition coefficient (Wildman–Crippen LogP) is 7.13. The van der Waals surface area contributed by atoms with Gasteiger partial charge in [0.25, 0.3) is 5.56 Å². The van der Waals surface area contributed by atoms with E-state index in [2.05, 4.69) is 0 Å². The Kier molecular flexibility index (Phi) is 7.34. The SMILES string of the molecule is COc1cccc(-c2c(C)c(Cc3c(F)cccc3C(F)(F)F)c3n(c2=O)C(C(N)c2ccsc2)CS3)c1F. The molecule has 0 spiro atoms. The van der Waals surface area contributed by atoms with Crippen molar-refractivity contribution >= 4 is 23.1 Å². The number of fused-ring (bicyclic) bond motifs is 1. The van der Waals surface area contributed by atoms with Crippen molar-refractivity contribution in [3.63, 3.8) is 0 Å². The number of thioether (sulfide) groups is 1. The Hall–Kier alpha value is -3.15. The van der Waals surface area contributed by atoms with Crippen LogP contribution in [0.25, 0.3) is 11.1 Å². The van der Waals surface area contributed by atoms with E-state index in [1.54, 1.807) is 6.92 Å². The molecule has 2 atom stereocenters. The van der Waals surface area contributed by atoms with E-state index in [1.807, 2.05) is 16.8 Å². The van der Waals surface area contributed by atoms with E-state index >= 15 is 4.39 Å². The highest BCUT2D eigenvalue weighted by atomic mass is 32.2. The summed E-state index contributed by atoms with van der Waals surface area (Å²) in [5.41, 5.74) is 5.70. The van der Waals surface area contributed by atoms with Gasteiger partial charge in [0.1, 0.15) is 5.82 Å². The Morgan fingerprint density at radius 3 is 2.54 bits per heavy atom. The van der Waals surface area contributed by atoms with Gasteiger partial charge >= 0.3 is 6.18 Å². The number of nitrogens with zero attached hydrogens (tertiary/aromatic N) is 1. The molecule has 11 heteroatoms. The first-order valence-electron chi connectivity index (χ1n) is 11.9. The lowest BCUT2D eigenvalue weighted by Gasteiger charge is -2.24. The van der Waals surface area contributed by atoms with Gasteiger partial charge in [0.2, 0.25) is 0 Å². The van der Waals surface area contributed by atoms with Crippen LogP contribution in [0.4, 0.5) is 22.0 Å². The number of rotatable bonds is 6. The minimum absolute atomic E-state index is 0.0277. The van der Waals surface area contributed by atoms with Crippen molar-refractivity contribution < 1.29 is 26.7 Å². The topological polar surface area (TPSA) is 57.2 Å². The van der Waals surface area contributed by atoms with Crippen molar-refractivity contribution in [2.45, 2.75) is 36.6 Å². The fraction of sp³-hybridized carbons (Fsp3) is 0.250. The largest absolute Gasteiger partial charge is 0.494 e. The molecule has 3 heterocycles. The van der Waals surface area contributed by atoms with Gasteiger partial charge in [-0.25, -0.2) is 8.78 Å². The molecule has 4 nitrogen and oxygen atoms in total. The Balaban J connectivity index is 1.79. The van der Waals surface area contributed by atoms with Crippen molar-refractivity contribution in [2.75, 3.05) is 12.9 Å². The van der Waals surface area contributed by atoms with Crippen LogP contribution in [0, 0.1) is 18.6 Å². The monoisotopic (exact) mass is 578 g/mol. The summed E-state index contributed by atoms with van der Waals surface area (Å²) >= 11 is 2.72. The van der Waals surface area contributed by atoms with Gasteiger partial charge in [-0.05, 0) is 58.6 Å². The second-order valence-electron chi connectivity index (χ2n) is 9.18. The molecule has 1 aliphatic heterocycles. The Morgan fingerprint density at radius 1 is 1.13 bits per heavy atom. The third-order valence-corrected chi connectivity index (χ3v) is 8.96. The van der Waals surface area contributed by atoms with Gasteiger partial charge in [0.15, 0.2) is 11.6 Å². The minimum Gasteiger partial charge on any atom is -0.494 e. The smallest absolute Gasteiger partial charge is 0.416 e. The summed E-state index contributed by atoms with van der Waals surface area (Å²) in [7, 11) is 1.29. The average Bonchev–Trinajstić information content (AvgIpc) is 3.58. The van der Waals surface area contributed by atoms with Crippen LogP contribution in [0.1, 0.15) is 39.9 Å². The summed E-state index contributed by atoms with van der Waals surface area (Å²) in [5.74, 6) is -1.52. The molecule has 204 valence electrons. The number of methoxy groups -OCH3 is 1. The third-order valence-electron chi connectivity index (χ3n) is 7.03. The third kappa shape index (κ3) is 4.76. The van der Waals surface area contributed by atoms with Gasteiger partial charge in [-0.3, -0.25) is 9.36 Å². The average molecular weight is 579 g/mol. The summed E-state index contributed by atoms with van der Waals surface area (Å²) in [6.07, 6.45) is -5.24. The zero-order chi connectivity index (χ0) is 28.1. The molecule has 0 fully saturated rings. The maximum atomic E-state index is 15.5. The molecule has 0 bridgehead atoms. The Bertz CT molecular complexity index is 1600. The van der Waals surface area contributed by atoms with E-state index in [4.69, 9.17) is 10.5 Å². The highest BCUT2D eigenvalue weighted by Gasteiger charge is 2.38. The van der Waals surface area contributed by atoms with Gasteiger partial charge < -0.3 is 10.5 Å². The molecule has 0 aliphatic carbocycles. The van der Waals surface area contributed by atoms with Crippen LogP contribution in [0.3, 0.4) is 0 Å². The lowest BCUT2D eigenvalue weighted by atomic mass is 9.92. The number of alkyl halides is 3. The van der Waals surface area contributed by atoms with Crippen molar-refractivity contribution in [3.8, 4) is 16.9 Å². The van der Waals surface area contributed by atoms with Crippen LogP contribution in [-0.4, -0.2) is 17.4 Å². The number of pyridine rings is 1. The molecule has 1 aliphatic rings. The number of nitrogens with two attached hydrogens (primary N) is 1. The zero-order valence-corrected chi connectivity index (χ0v) is 22.4. The molecule has 2 N–H and O–H groups in total. The standard InChI is InChI=1S/C28H23F5N2O2S2/c1-14-17(11-18-19(28(31,32)33)6-4-7-20(18)29)27-35(21(13-39-27)25(34)15-9-10-38-12-15)26(36)23(14)16-5-3-8-22(37-2)24(16)30/h3-10,12,21,25H,11,13,34H2,1-2H3. The quantitative estimate of drug-likeness (QED) is 0.248. The predicted molar refractivity (Wildman–Crippen MR) is 143 cm³/mol. The van der Waals surface area contributed by atoms with E-state index in [0.717, 1.165) is 23.8 Å². The number of benzene rings is 2. The van der Waals surface area contributed by atoms with Crippen LogP contribution < -0.4 is 16.0 Å². The normalized spacial score (nSPS) is 15.8. The van der Waals surface area contributed by atoms with Crippen LogP contribution in [0.15, 0.2) is 63.0 Å². The minimum atomic E-state index is -4.79. The van der Waals surface area contributed by atoms with Gasteiger partial charge in [0.05, 0.1) is 35.3 Å². The molecule has 5 rings (SSSR count). The second kappa shape index (κ2) is 10.4. The summed E-state index contributed by atoms with van der Waals surface area (Å²) in [6, 6.07) is 7.84. The number of aromatic nitrogens is 1. The summed E-state index contributed by atoms with van der Waals surface area (Å²) < 4.78 is 78.6. The Morgan fingerprint density at radius 2 is 1.87 bits per heavy atom. The molecule has 39 heavy (non-hydrogen) atoms. The Labute approximate surface area is 229 Å². The molecular formula is C28H23F5N2O2S2. The van der Waals surface area contributed by atoms with Gasteiger partial charge in [-0.1, -0.05) is 18.2 Å². The fourth-order valence-electron chi connectivity index (χ4n) is 5.05. The molecule has 0 amide bonds. The summed E-state index contributed by atoms with van der Waals surface area (Å²) in [5, 5.41) is 4.12. The molecule has 0 saturated heterocycles. The number of hydrogen-bond donors (Lipinski definition) is 1. The van der Waals surface area contributed by atoms with Crippen LogP contribution >= 0.6 is 23.1 Å². The van der Waals surface area contributed by atoms with E-state index in [0.29, 0.717) is 16.3 Å². The van der Waals surface area contributed by atoms with Gasteiger partial charge in [-0.15, -0.1) is 11.8 Å².